The van der Waals surface area contributed by atoms with Gasteiger partial charge in [0.1, 0.15) is 18.2 Å². The van der Waals surface area contributed by atoms with Crippen LogP contribution in [0.25, 0.3) is 11.0 Å². The van der Waals surface area contributed by atoms with E-state index in [1.165, 1.54) is 13.8 Å². The summed E-state index contributed by atoms with van der Waals surface area (Å²) >= 11 is 0. The fourth-order valence-corrected chi connectivity index (χ4v) is 2.36. The summed E-state index contributed by atoms with van der Waals surface area (Å²) in [6.45, 7) is 4.66. The van der Waals surface area contributed by atoms with Gasteiger partial charge in [0.2, 0.25) is 0 Å². The van der Waals surface area contributed by atoms with Crippen molar-refractivity contribution in [3.8, 4) is 0 Å². The van der Waals surface area contributed by atoms with E-state index in [0.717, 1.165) is 29.6 Å². The van der Waals surface area contributed by atoms with Crippen LogP contribution in [0, 0.1) is 6.92 Å². The fourth-order valence-electron chi connectivity index (χ4n) is 2.36. The zero-order chi connectivity index (χ0) is 16.3. The molecular weight excluding hydrogens is 286 g/mol. The molecule has 2 aromatic rings. The SMILES string of the molecule is CC(C)(O)O.Cc1ncnc2c1ccn2C1CCC(CO)O1. The van der Waals surface area contributed by atoms with Gasteiger partial charge in [-0.25, -0.2) is 9.97 Å². The van der Waals surface area contributed by atoms with Crippen molar-refractivity contribution < 1.29 is 20.1 Å². The Morgan fingerprint density at radius 1 is 1.32 bits per heavy atom. The molecule has 3 N–H and O–H groups in total. The highest BCUT2D eigenvalue weighted by atomic mass is 16.5. The van der Waals surface area contributed by atoms with Gasteiger partial charge in [-0.15, -0.1) is 0 Å². The number of aliphatic hydroxyl groups is 3. The van der Waals surface area contributed by atoms with E-state index < -0.39 is 5.79 Å². The first kappa shape index (κ1) is 16.8. The van der Waals surface area contributed by atoms with Gasteiger partial charge < -0.3 is 24.6 Å². The number of ether oxygens (including phenoxy) is 1. The van der Waals surface area contributed by atoms with Gasteiger partial charge in [0, 0.05) is 11.6 Å². The number of hydrogen-bond donors (Lipinski definition) is 3. The predicted molar refractivity (Wildman–Crippen MR) is 81.0 cm³/mol. The van der Waals surface area contributed by atoms with Gasteiger partial charge in [-0.1, -0.05) is 0 Å². The second-order valence-electron chi connectivity index (χ2n) is 5.89. The molecule has 7 heteroatoms. The molecule has 1 aliphatic heterocycles. The largest absolute Gasteiger partial charge is 0.394 e. The van der Waals surface area contributed by atoms with Gasteiger partial charge in [0.15, 0.2) is 5.79 Å². The molecule has 2 unspecified atom stereocenters. The Hall–Kier alpha value is -1.54. The Morgan fingerprint density at radius 3 is 2.59 bits per heavy atom. The Bertz CT molecular complexity index is 615. The van der Waals surface area contributed by atoms with Crippen LogP contribution in [0.4, 0.5) is 0 Å². The molecular formula is C15H23N3O4. The summed E-state index contributed by atoms with van der Waals surface area (Å²) in [5.41, 5.74) is 1.88. The van der Waals surface area contributed by atoms with E-state index in [9.17, 15) is 0 Å². The van der Waals surface area contributed by atoms with Crippen molar-refractivity contribution in [3.05, 3.63) is 24.3 Å². The third-order valence-electron chi connectivity index (χ3n) is 3.31. The second kappa shape index (κ2) is 6.70. The molecule has 7 nitrogen and oxygen atoms in total. The second-order valence-corrected chi connectivity index (χ2v) is 5.89. The summed E-state index contributed by atoms with van der Waals surface area (Å²) in [4.78, 5) is 8.48. The van der Waals surface area contributed by atoms with Crippen molar-refractivity contribution in [1.82, 2.24) is 14.5 Å². The number of aryl methyl sites for hydroxylation is 1. The number of rotatable bonds is 2. The summed E-state index contributed by atoms with van der Waals surface area (Å²) in [6.07, 6.45) is 5.31. The molecule has 1 fully saturated rings. The standard InChI is InChI=1S/C12H15N3O2.C3H8O2/c1-8-10-4-5-15(12(10)14-7-13-8)11-3-2-9(6-16)17-11;1-3(2,4)5/h4-5,7,9,11,16H,2-3,6H2,1H3;4-5H,1-2H3. The van der Waals surface area contributed by atoms with Gasteiger partial charge in [0.25, 0.3) is 0 Å². The van der Waals surface area contributed by atoms with E-state index in [0.29, 0.717) is 0 Å². The van der Waals surface area contributed by atoms with Crippen molar-refractivity contribution in [2.24, 2.45) is 0 Å². The maximum absolute atomic E-state index is 9.08. The molecule has 3 heterocycles. The Morgan fingerprint density at radius 2 is 2.00 bits per heavy atom. The molecule has 0 spiro atoms. The molecule has 0 aromatic carbocycles. The molecule has 2 aromatic heterocycles. The van der Waals surface area contributed by atoms with Gasteiger partial charge in [0.05, 0.1) is 18.4 Å². The lowest BCUT2D eigenvalue weighted by molar-refractivity contribution is -0.127. The number of aromatic nitrogens is 3. The first-order chi connectivity index (χ1) is 10.3. The highest BCUT2D eigenvalue weighted by molar-refractivity contribution is 5.78. The van der Waals surface area contributed by atoms with E-state index in [4.69, 9.17) is 20.1 Å². The van der Waals surface area contributed by atoms with Crippen molar-refractivity contribution in [2.45, 2.75) is 51.7 Å². The third kappa shape index (κ3) is 4.23. The van der Waals surface area contributed by atoms with E-state index in [1.54, 1.807) is 6.33 Å². The van der Waals surface area contributed by atoms with Gasteiger partial charge in [-0.05, 0) is 39.7 Å². The monoisotopic (exact) mass is 309 g/mol. The number of aliphatic hydroxyl groups excluding tert-OH is 1. The van der Waals surface area contributed by atoms with Crippen LogP contribution < -0.4 is 0 Å². The molecule has 0 radical (unpaired) electrons. The topological polar surface area (TPSA) is 101 Å². The van der Waals surface area contributed by atoms with Crippen molar-refractivity contribution in [2.75, 3.05) is 6.61 Å². The minimum absolute atomic E-state index is 0.0149. The zero-order valence-corrected chi connectivity index (χ0v) is 13.1. The Labute approximate surface area is 129 Å². The predicted octanol–water partition coefficient (Wildman–Crippen LogP) is 1.12. The van der Waals surface area contributed by atoms with Crippen LogP contribution in [0.1, 0.15) is 38.6 Å². The van der Waals surface area contributed by atoms with E-state index in [1.807, 2.05) is 23.8 Å². The molecule has 122 valence electrons. The zero-order valence-electron chi connectivity index (χ0n) is 13.1. The summed E-state index contributed by atoms with van der Waals surface area (Å²) in [5, 5.41) is 26.3. The quantitative estimate of drug-likeness (QED) is 0.719. The molecule has 3 rings (SSSR count). The first-order valence-corrected chi connectivity index (χ1v) is 7.29. The Balaban J connectivity index is 0.000000309. The van der Waals surface area contributed by atoms with Crippen LogP contribution in [0.3, 0.4) is 0 Å². The average Bonchev–Trinajstić information content (AvgIpc) is 3.02. The van der Waals surface area contributed by atoms with Crippen LogP contribution in [-0.4, -0.2) is 48.4 Å². The normalized spacial score (nSPS) is 21.7. The van der Waals surface area contributed by atoms with E-state index >= 15 is 0 Å². The van der Waals surface area contributed by atoms with E-state index in [-0.39, 0.29) is 18.9 Å². The highest BCUT2D eigenvalue weighted by Gasteiger charge is 2.26. The maximum Gasteiger partial charge on any atom is 0.156 e. The van der Waals surface area contributed by atoms with Crippen LogP contribution in [0.15, 0.2) is 18.6 Å². The first-order valence-electron chi connectivity index (χ1n) is 7.29. The van der Waals surface area contributed by atoms with E-state index in [2.05, 4.69) is 9.97 Å². The lowest BCUT2D eigenvalue weighted by Gasteiger charge is -2.14. The number of fused-ring (bicyclic) bond motifs is 1. The fraction of sp³-hybridized carbons (Fsp3) is 0.600. The highest BCUT2D eigenvalue weighted by Crippen LogP contribution is 2.31. The lowest BCUT2D eigenvalue weighted by Crippen LogP contribution is -2.15. The minimum Gasteiger partial charge on any atom is -0.394 e. The molecule has 22 heavy (non-hydrogen) atoms. The molecule has 0 aliphatic carbocycles. The van der Waals surface area contributed by atoms with Gasteiger partial charge >= 0.3 is 0 Å². The lowest BCUT2D eigenvalue weighted by atomic mass is 10.2. The van der Waals surface area contributed by atoms with Crippen LogP contribution >= 0.6 is 0 Å². The molecule has 1 saturated heterocycles. The minimum atomic E-state index is -1.50. The smallest absolute Gasteiger partial charge is 0.156 e. The average molecular weight is 309 g/mol. The van der Waals surface area contributed by atoms with Crippen molar-refractivity contribution >= 4 is 11.0 Å². The summed E-state index contributed by atoms with van der Waals surface area (Å²) in [5.74, 6) is -1.50. The van der Waals surface area contributed by atoms with Gasteiger partial charge in [-0.3, -0.25) is 0 Å². The van der Waals surface area contributed by atoms with Crippen LogP contribution in [0.2, 0.25) is 0 Å². The molecule has 0 bridgehead atoms. The molecule has 0 saturated carbocycles. The third-order valence-corrected chi connectivity index (χ3v) is 3.31. The van der Waals surface area contributed by atoms with Crippen molar-refractivity contribution in [3.63, 3.8) is 0 Å². The molecule has 2 atom stereocenters. The van der Waals surface area contributed by atoms with Crippen molar-refractivity contribution in [1.29, 1.82) is 0 Å². The van der Waals surface area contributed by atoms with Crippen LogP contribution in [0.5, 0.6) is 0 Å². The summed E-state index contributed by atoms with van der Waals surface area (Å²) in [7, 11) is 0. The van der Waals surface area contributed by atoms with Gasteiger partial charge in [-0.2, -0.15) is 0 Å². The summed E-state index contributed by atoms with van der Waals surface area (Å²) in [6, 6.07) is 2.01. The maximum atomic E-state index is 9.08. The van der Waals surface area contributed by atoms with Crippen LogP contribution in [-0.2, 0) is 4.74 Å². The Kier molecular flexibility index (Phi) is 5.12. The molecule has 0 amide bonds. The molecule has 1 aliphatic rings. The number of hydrogen-bond acceptors (Lipinski definition) is 6. The summed E-state index contributed by atoms with van der Waals surface area (Å²) < 4.78 is 7.78. The number of nitrogens with zero attached hydrogens (tertiary/aromatic N) is 3.